The zero-order chi connectivity index (χ0) is 15.5. The largest absolute Gasteiger partial charge is 0.463 e. The van der Waals surface area contributed by atoms with E-state index in [-0.39, 0.29) is 0 Å². The molecule has 0 aromatic carbocycles. The van der Waals surface area contributed by atoms with Gasteiger partial charge in [-0.15, -0.1) is 0 Å². The molecule has 6 nitrogen and oxygen atoms in total. The highest BCUT2D eigenvalue weighted by Gasteiger charge is 2.11. The van der Waals surface area contributed by atoms with E-state index in [4.69, 9.17) is 4.74 Å². The molecule has 0 aliphatic carbocycles. The van der Waals surface area contributed by atoms with Crippen molar-refractivity contribution in [1.29, 1.82) is 0 Å². The minimum Gasteiger partial charge on any atom is -0.463 e. The molecule has 1 rings (SSSR count). The highest BCUT2D eigenvalue weighted by molar-refractivity contribution is 5.38. The topological polar surface area (TPSA) is 63.2 Å². The molecule has 0 aliphatic rings. The second kappa shape index (κ2) is 10.2. The summed E-state index contributed by atoms with van der Waals surface area (Å²) < 4.78 is 5.68. The molecule has 120 valence electrons. The van der Waals surface area contributed by atoms with E-state index in [0.29, 0.717) is 24.5 Å². The molecule has 1 aromatic rings. The van der Waals surface area contributed by atoms with Gasteiger partial charge in [-0.3, -0.25) is 0 Å². The maximum Gasteiger partial charge on any atom is 0.323 e. The summed E-state index contributed by atoms with van der Waals surface area (Å²) in [7, 11) is 0. The summed E-state index contributed by atoms with van der Waals surface area (Å²) >= 11 is 0. The molecule has 0 spiro atoms. The van der Waals surface area contributed by atoms with Crippen LogP contribution < -0.4 is 15.0 Å². The molecular formula is C15H29N5O. The Morgan fingerprint density at radius 2 is 1.71 bits per heavy atom. The monoisotopic (exact) mass is 295 g/mol. The highest BCUT2D eigenvalue weighted by Crippen LogP contribution is 2.15. The second-order valence-corrected chi connectivity index (χ2v) is 4.90. The molecule has 0 radical (unpaired) electrons. The Morgan fingerprint density at radius 1 is 0.952 bits per heavy atom. The summed E-state index contributed by atoms with van der Waals surface area (Å²) in [5.74, 6) is 1.28. The molecule has 0 saturated carbocycles. The van der Waals surface area contributed by atoms with Crippen molar-refractivity contribution in [2.45, 2.75) is 53.4 Å². The standard InChI is InChI=1S/C15H29N5O/c1-5-9-10-12-21-15-18-13(16-11-6-2)17-14(19-15)20(7-3)8-4/h5-12H2,1-4H3,(H,16,17,18,19). The lowest BCUT2D eigenvalue weighted by atomic mass is 10.3. The molecule has 0 bridgehead atoms. The molecule has 1 N–H and O–H groups in total. The summed E-state index contributed by atoms with van der Waals surface area (Å²) in [6.45, 7) is 11.7. The normalized spacial score (nSPS) is 10.5. The second-order valence-electron chi connectivity index (χ2n) is 4.90. The Balaban J connectivity index is 2.81. The first kappa shape index (κ1) is 17.5. The van der Waals surface area contributed by atoms with Gasteiger partial charge < -0.3 is 15.0 Å². The minimum absolute atomic E-state index is 0.418. The third kappa shape index (κ3) is 6.14. The average Bonchev–Trinajstić information content (AvgIpc) is 2.51. The molecular weight excluding hydrogens is 266 g/mol. The minimum atomic E-state index is 0.418. The van der Waals surface area contributed by atoms with Gasteiger partial charge in [0.2, 0.25) is 11.9 Å². The zero-order valence-corrected chi connectivity index (χ0v) is 13.9. The van der Waals surface area contributed by atoms with Crippen LogP contribution in [0.3, 0.4) is 0 Å². The van der Waals surface area contributed by atoms with Crippen LogP contribution in [0.25, 0.3) is 0 Å². The van der Waals surface area contributed by atoms with Crippen molar-refractivity contribution in [2.75, 3.05) is 36.5 Å². The van der Waals surface area contributed by atoms with Gasteiger partial charge in [-0.05, 0) is 26.7 Å². The van der Waals surface area contributed by atoms with E-state index in [1.807, 2.05) is 0 Å². The van der Waals surface area contributed by atoms with E-state index in [1.54, 1.807) is 0 Å². The van der Waals surface area contributed by atoms with Gasteiger partial charge in [-0.25, -0.2) is 0 Å². The lowest BCUT2D eigenvalue weighted by molar-refractivity contribution is 0.282. The van der Waals surface area contributed by atoms with Crippen LogP contribution in [0.4, 0.5) is 11.9 Å². The predicted octanol–water partition coefficient (Wildman–Crippen LogP) is 3.11. The van der Waals surface area contributed by atoms with Gasteiger partial charge in [0.15, 0.2) is 0 Å². The van der Waals surface area contributed by atoms with Crippen molar-refractivity contribution in [3.05, 3.63) is 0 Å². The van der Waals surface area contributed by atoms with E-state index in [9.17, 15) is 0 Å². The maximum absolute atomic E-state index is 5.68. The van der Waals surface area contributed by atoms with E-state index < -0.39 is 0 Å². The van der Waals surface area contributed by atoms with Gasteiger partial charge in [0, 0.05) is 19.6 Å². The van der Waals surface area contributed by atoms with Crippen LogP contribution in [0.1, 0.15) is 53.4 Å². The first-order valence-corrected chi connectivity index (χ1v) is 8.12. The number of aromatic nitrogens is 3. The molecule has 0 fully saturated rings. The van der Waals surface area contributed by atoms with E-state index >= 15 is 0 Å². The fourth-order valence-corrected chi connectivity index (χ4v) is 1.89. The lowest BCUT2D eigenvalue weighted by Crippen LogP contribution is -2.25. The fraction of sp³-hybridized carbons (Fsp3) is 0.800. The summed E-state index contributed by atoms with van der Waals surface area (Å²) in [6.07, 6.45) is 4.39. The van der Waals surface area contributed by atoms with Crippen LogP contribution in [0.2, 0.25) is 0 Å². The number of hydrogen-bond acceptors (Lipinski definition) is 6. The number of nitrogens with one attached hydrogen (secondary N) is 1. The highest BCUT2D eigenvalue weighted by atomic mass is 16.5. The van der Waals surface area contributed by atoms with Crippen molar-refractivity contribution in [3.8, 4) is 6.01 Å². The molecule has 1 heterocycles. The van der Waals surface area contributed by atoms with E-state index in [1.165, 1.54) is 6.42 Å². The lowest BCUT2D eigenvalue weighted by Gasteiger charge is -2.19. The van der Waals surface area contributed by atoms with Gasteiger partial charge in [0.25, 0.3) is 0 Å². The van der Waals surface area contributed by atoms with Crippen LogP contribution in [0.15, 0.2) is 0 Å². The number of rotatable bonds is 11. The first-order valence-electron chi connectivity index (χ1n) is 8.12. The number of nitrogens with zero attached hydrogens (tertiary/aromatic N) is 4. The van der Waals surface area contributed by atoms with Gasteiger partial charge in [-0.1, -0.05) is 26.7 Å². The smallest absolute Gasteiger partial charge is 0.323 e. The van der Waals surface area contributed by atoms with Gasteiger partial charge in [0.1, 0.15) is 0 Å². The predicted molar refractivity (Wildman–Crippen MR) is 87.2 cm³/mol. The average molecular weight is 295 g/mol. The van der Waals surface area contributed by atoms with Crippen molar-refractivity contribution in [1.82, 2.24) is 15.0 Å². The fourth-order valence-electron chi connectivity index (χ4n) is 1.89. The Bertz CT molecular complexity index is 396. The Morgan fingerprint density at radius 3 is 2.33 bits per heavy atom. The van der Waals surface area contributed by atoms with Crippen LogP contribution >= 0.6 is 0 Å². The maximum atomic E-state index is 5.68. The summed E-state index contributed by atoms with van der Waals surface area (Å²) in [6, 6.07) is 0.418. The van der Waals surface area contributed by atoms with E-state index in [0.717, 1.165) is 38.9 Å². The third-order valence-electron chi connectivity index (χ3n) is 3.16. The van der Waals surface area contributed by atoms with Crippen molar-refractivity contribution in [2.24, 2.45) is 0 Å². The van der Waals surface area contributed by atoms with Crippen LogP contribution in [0.5, 0.6) is 6.01 Å². The van der Waals surface area contributed by atoms with Crippen molar-refractivity contribution in [3.63, 3.8) is 0 Å². The number of unbranched alkanes of at least 4 members (excludes halogenated alkanes) is 2. The molecule has 21 heavy (non-hydrogen) atoms. The van der Waals surface area contributed by atoms with Crippen LogP contribution in [0, 0.1) is 0 Å². The van der Waals surface area contributed by atoms with Gasteiger partial charge in [-0.2, -0.15) is 15.0 Å². The van der Waals surface area contributed by atoms with Gasteiger partial charge in [0.05, 0.1) is 6.61 Å². The summed E-state index contributed by atoms with van der Waals surface area (Å²) in [4.78, 5) is 15.3. The molecule has 0 atom stereocenters. The number of anilines is 2. The molecule has 0 saturated heterocycles. The SMILES string of the molecule is CCCCCOc1nc(NCCC)nc(N(CC)CC)n1. The number of hydrogen-bond donors (Lipinski definition) is 1. The van der Waals surface area contributed by atoms with Crippen LogP contribution in [-0.2, 0) is 0 Å². The Hall–Kier alpha value is -1.59. The molecule has 0 amide bonds. The molecule has 0 unspecified atom stereocenters. The number of ether oxygens (including phenoxy) is 1. The molecule has 1 aromatic heterocycles. The first-order chi connectivity index (χ1) is 10.2. The molecule has 0 aliphatic heterocycles. The quantitative estimate of drug-likeness (QED) is 0.633. The third-order valence-corrected chi connectivity index (χ3v) is 3.16. The van der Waals surface area contributed by atoms with Crippen LogP contribution in [-0.4, -0.2) is 41.2 Å². The van der Waals surface area contributed by atoms with Crippen molar-refractivity contribution >= 4 is 11.9 Å². The van der Waals surface area contributed by atoms with Crippen molar-refractivity contribution < 1.29 is 4.74 Å². The Labute approximate surface area is 128 Å². The molecule has 6 heteroatoms. The van der Waals surface area contributed by atoms with E-state index in [2.05, 4.69) is 52.9 Å². The summed E-state index contributed by atoms with van der Waals surface area (Å²) in [5, 5.41) is 3.21. The zero-order valence-electron chi connectivity index (χ0n) is 13.9. The van der Waals surface area contributed by atoms with Gasteiger partial charge >= 0.3 is 6.01 Å². The summed E-state index contributed by atoms with van der Waals surface area (Å²) in [5.41, 5.74) is 0. The Kier molecular flexibility index (Phi) is 8.47.